The Balaban J connectivity index is 1.22. The number of carbonyl (C=O) groups is 3. The van der Waals surface area contributed by atoms with E-state index in [1.165, 1.54) is 12.1 Å². The number of amidine groups is 1. The number of carboxylic acids is 1. The molecule has 0 bridgehead atoms. The molecule has 13 nitrogen and oxygen atoms in total. The van der Waals surface area contributed by atoms with Gasteiger partial charge in [0.15, 0.2) is 23.5 Å². The minimum atomic E-state index is -1.02. The maximum Gasteiger partial charge on any atom is 0.335 e. The van der Waals surface area contributed by atoms with Crippen LogP contribution in [0.5, 0.6) is 5.75 Å². The van der Waals surface area contributed by atoms with Crippen LogP contribution in [-0.4, -0.2) is 49.9 Å². The number of amides is 2. The molecule has 1 aliphatic carbocycles. The number of carboxylic acid groups (broad SMARTS) is 1. The van der Waals surface area contributed by atoms with Crippen LogP contribution < -0.4 is 20.7 Å². The summed E-state index contributed by atoms with van der Waals surface area (Å²) < 4.78 is 21.2. The maximum atomic E-state index is 14.6. The van der Waals surface area contributed by atoms with Crippen LogP contribution in [-0.2, 0) is 13.0 Å². The second kappa shape index (κ2) is 10.9. The van der Waals surface area contributed by atoms with E-state index in [-0.39, 0.29) is 35.8 Å². The Hall–Kier alpha value is -5.84. The Labute approximate surface area is 243 Å². The minimum Gasteiger partial charge on any atom is -0.483 e. The van der Waals surface area contributed by atoms with E-state index in [2.05, 4.69) is 31.0 Å². The van der Waals surface area contributed by atoms with E-state index in [0.717, 1.165) is 21.8 Å². The normalized spacial score (nSPS) is 15.0. The van der Waals surface area contributed by atoms with Crippen LogP contribution in [0.15, 0.2) is 47.6 Å². The number of aliphatic imine (C=N–C) groups is 1. The average Bonchev–Trinajstić information content (AvgIpc) is 3.58. The summed E-state index contributed by atoms with van der Waals surface area (Å²) in [6.45, 7) is 1.93. The van der Waals surface area contributed by atoms with Crippen molar-refractivity contribution in [2.75, 3.05) is 6.61 Å². The van der Waals surface area contributed by atoms with Gasteiger partial charge in [0.1, 0.15) is 29.4 Å². The number of aromatic carboxylic acids is 1. The number of nitriles is 1. The van der Waals surface area contributed by atoms with Gasteiger partial charge < -0.3 is 20.5 Å². The molecule has 0 fully saturated rings. The predicted molar refractivity (Wildman–Crippen MR) is 149 cm³/mol. The quantitative estimate of drug-likeness (QED) is 0.196. The first kappa shape index (κ1) is 27.3. The molecule has 0 saturated heterocycles. The molecular weight excluding hydrogens is 559 g/mol. The molecule has 3 heterocycles. The van der Waals surface area contributed by atoms with Crippen molar-refractivity contribution in [1.29, 1.82) is 5.26 Å². The molecule has 4 aromatic rings. The molecule has 2 aliphatic rings. The van der Waals surface area contributed by atoms with Crippen LogP contribution in [0, 0.1) is 24.2 Å². The van der Waals surface area contributed by atoms with Gasteiger partial charge in [0.05, 0.1) is 17.8 Å². The summed E-state index contributed by atoms with van der Waals surface area (Å²) in [6, 6.07) is 9.17. The second-order valence-corrected chi connectivity index (χ2v) is 10.00. The van der Waals surface area contributed by atoms with Crippen molar-refractivity contribution in [3.05, 3.63) is 87.6 Å². The van der Waals surface area contributed by atoms with Crippen LogP contribution in [0.25, 0.3) is 5.65 Å². The Morgan fingerprint density at radius 1 is 1.21 bits per heavy atom. The van der Waals surface area contributed by atoms with Crippen molar-refractivity contribution >= 4 is 35.0 Å². The monoisotopic (exact) mass is 582 g/mol. The molecule has 0 saturated carbocycles. The van der Waals surface area contributed by atoms with Crippen LogP contribution in [0.4, 0.5) is 10.1 Å². The zero-order chi connectivity index (χ0) is 30.2. The number of benzene rings is 2. The lowest BCUT2D eigenvalue weighted by Gasteiger charge is -2.17. The average molecular weight is 583 g/mol. The van der Waals surface area contributed by atoms with Gasteiger partial charge in [-0.3, -0.25) is 14.9 Å². The number of aromatic nitrogens is 3. The molecule has 6 rings (SSSR count). The molecule has 43 heavy (non-hydrogen) atoms. The molecule has 14 heteroatoms. The Morgan fingerprint density at radius 2 is 2.05 bits per heavy atom. The van der Waals surface area contributed by atoms with Gasteiger partial charge in [-0.15, -0.1) is 0 Å². The summed E-state index contributed by atoms with van der Waals surface area (Å²) in [4.78, 5) is 46.5. The number of nitrogens with one attached hydrogen (secondary N) is 3. The molecule has 0 spiro atoms. The summed E-state index contributed by atoms with van der Waals surface area (Å²) in [7, 11) is 0. The molecule has 1 aliphatic heterocycles. The number of nitrogens with zero attached hydrogens (tertiary/aromatic N) is 5. The van der Waals surface area contributed by atoms with E-state index in [1.54, 1.807) is 37.4 Å². The van der Waals surface area contributed by atoms with Crippen molar-refractivity contribution < 1.29 is 28.6 Å². The molecule has 2 amide bonds. The number of fused-ring (bicyclic) bond motifs is 3. The van der Waals surface area contributed by atoms with Gasteiger partial charge in [0, 0.05) is 12.6 Å². The Bertz CT molecular complexity index is 1910. The molecule has 4 N–H and O–H groups in total. The lowest BCUT2D eigenvalue weighted by atomic mass is 9.98. The van der Waals surface area contributed by atoms with Gasteiger partial charge in [-0.05, 0) is 60.2 Å². The number of rotatable bonds is 6. The highest BCUT2D eigenvalue weighted by Crippen LogP contribution is 2.35. The first-order valence-electron chi connectivity index (χ1n) is 13.2. The van der Waals surface area contributed by atoms with Crippen LogP contribution in [0.3, 0.4) is 0 Å². The lowest BCUT2D eigenvalue weighted by molar-refractivity contribution is 0.0695. The van der Waals surface area contributed by atoms with E-state index in [0.29, 0.717) is 41.2 Å². The highest BCUT2D eigenvalue weighted by molar-refractivity contribution is 5.98. The van der Waals surface area contributed by atoms with E-state index >= 15 is 0 Å². The van der Waals surface area contributed by atoms with Crippen molar-refractivity contribution in [2.24, 2.45) is 4.99 Å². The molecule has 0 unspecified atom stereocenters. The summed E-state index contributed by atoms with van der Waals surface area (Å²) in [5.41, 5.74) is 3.12. The lowest BCUT2D eigenvalue weighted by Crippen LogP contribution is -2.31. The number of hydrogen-bond acceptors (Lipinski definition) is 9. The summed E-state index contributed by atoms with van der Waals surface area (Å²) in [6.07, 6.45) is 3.83. The maximum absolute atomic E-state index is 14.6. The van der Waals surface area contributed by atoms with E-state index in [9.17, 15) is 23.9 Å². The van der Waals surface area contributed by atoms with Crippen molar-refractivity contribution in [3.8, 4) is 11.9 Å². The molecule has 2 aromatic heterocycles. The number of halogens is 1. The van der Waals surface area contributed by atoms with E-state index in [4.69, 9.17) is 10.00 Å². The summed E-state index contributed by atoms with van der Waals surface area (Å²) in [5, 5.41) is 30.3. The fraction of sp³-hybridized carbons (Fsp3) is 0.207. The third kappa shape index (κ3) is 5.08. The van der Waals surface area contributed by atoms with Gasteiger partial charge in [0.25, 0.3) is 11.8 Å². The number of hydrogen-bond donors (Lipinski definition) is 4. The zero-order valence-electron chi connectivity index (χ0n) is 22.6. The first-order valence-corrected chi connectivity index (χ1v) is 13.2. The Kier molecular flexibility index (Phi) is 6.90. The number of ether oxygens (including phenoxy) is 1. The predicted octanol–water partition coefficient (Wildman–Crippen LogP) is 2.72. The molecule has 0 radical (unpaired) electrons. The third-order valence-corrected chi connectivity index (χ3v) is 7.42. The molecule has 2 aromatic carbocycles. The van der Waals surface area contributed by atoms with Crippen molar-refractivity contribution in [1.82, 2.24) is 30.5 Å². The van der Waals surface area contributed by atoms with Gasteiger partial charge in [-0.2, -0.15) is 10.4 Å². The second-order valence-electron chi connectivity index (χ2n) is 10.00. The topological polar surface area (TPSA) is 183 Å². The molecular formula is C29H23FN8O5. The fourth-order valence-corrected chi connectivity index (χ4v) is 5.32. The van der Waals surface area contributed by atoms with Crippen LogP contribution >= 0.6 is 0 Å². The van der Waals surface area contributed by atoms with Crippen LogP contribution in [0.2, 0.25) is 0 Å². The largest absolute Gasteiger partial charge is 0.483 e. The summed E-state index contributed by atoms with van der Waals surface area (Å²) >= 11 is 0. The van der Waals surface area contributed by atoms with E-state index < -0.39 is 29.6 Å². The van der Waals surface area contributed by atoms with Crippen molar-refractivity contribution in [2.45, 2.75) is 32.4 Å². The van der Waals surface area contributed by atoms with Crippen molar-refractivity contribution in [3.63, 3.8) is 0 Å². The minimum absolute atomic E-state index is 0.0648. The summed E-state index contributed by atoms with van der Waals surface area (Å²) in [5.74, 6) is -2.19. The fourth-order valence-electron chi connectivity index (χ4n) is 5.32. The van der Waals surface area contributed by atoms with Crippen LogP contribution in [0.1, 0.15) is 66.1 Å². The van der Waals surface area contributed by atoms with Gasteiger partial charge in [-0.1, -0.05) is 12.1 Å². The Morgan fingerprint density at radius 3 is 2.84 bits per heavy atom. The standard InChI is InChI=1S/C29H23FN8O5/c1-14-16-5-6-20(18(16)4-3-17(14)29(41)42)37-28(40)23-9-22(36-26-19(30)11-34-38(23)26)27(39)32-10-15-2-7-24-21(8-15)35-25(12-43-24)33-13-31/h2-4,7-9,11,20H,5-6,10,12H2,1H3,(H,32,39)(H,33,35)(H,37,40)(H,41,42)/t20-/m0/s1. The zero-order valence-corrected chi connectivity index (χ0v) is 22.6. The highest BCUT2D eigenvalue weighted by atomic mass is 19.1. The van der Waals surface area contributed by atoms with Gasteiger partial charge >= 0.3 is 5.97 Å². The third-order valence-electron chi connectivity index (χ3n) is 7.42. The van der Waals surface area contributed by atoms with E-state index in [1.807, 2.05) is 0 Å². The smallest absolute Gasteiger partial charge is 0.335 e. The highest BCUT2D eigenvalue weighted by Gasteiger charge is 2.29. The molecule has 1 atom stereocenters. The van der Waals surface area contributed by atoms with Gasteiger partial charge in [0.2, 0.25) is 0 Å². The SMILES string of the molecule is Cc1c(C(=O)O)ccc2c1CC[C@@H]2NC(=O)c1cc(C(=O)NCc2ccc3c(c2)N=C(NC#N)CO3)nc2c(F)cnn12. The van der Waals surface area contributed by atoms with Gasteiger partial charge in [-0.25, -0.2) is 23.7 Å². The molecule has 216 valence electrons. The number of carbonyl (C=O) groups excluding carboxylic acids is 2. The first-order chi connectivity index (χ1) is 20.7.